The average Bonchev–Trinajstić information content (AvgIpc) is 2.98. The molecule has 2 heterocycles. The van der Waals surface area contributed by atoms with Crippen molar-refractivity contribution in [3.8, 4) is 0 Å². The first kappa shape index (κ1) is 14.4. The molecule has 0 aromatic heterocycles. The highest BCUT2D eigenvalue weighted by Gasteiger charge is 2.59. The molecular weight excluding hydrogens is 279 g/mol. The third kappa shape index (κ3) is 2.05. The lowest BCUT2D eigenvalue weighted by Crippen LogP contribution is -2.40. The van der Waals surface area contributed by atoms with E-state index >= 15 is 0 Å². The van der Waals surface area contributed by atoms with Gasteiger partial charge in [-0.05, 0) is 43.4 Å². The van der Waals surface area contributed by atoms with E-state index in [4.69, 9.17) is 0 Å². The minimum absolute atomic E-state index is 0.139. The number of rotatable bonds is 3. The van der Waals surface area contributed by atoms with Gasteiger partial charge in [0.05, 0.1) is 6.04 Å². The number of alkyl halides is 2. The number of nitrogens with zero attached hydrogens (tertiary/aromatic N) is 1. The third-order valence-electron chi connectivity index (χ3n) is 5.04. The van der Waals surface area contributed by atoms with Crippen molar-refractivity contribution in [2.45, 2.75) is 51.1 Å². The van der Waals surface area contributed by atoms with Crippen molar-refractivity contribution in [2.75, 3.05) is 0 Å². The fourth-order valence-electron chi connectivity index (χ4n) is 3.83. The van der Waals surface area contributed by atoms with Crippen LogP contribution >= 0.6 is 0 Å². The summed E-state index contributed by atoms with van der Waals surface area (Å²) in [5.74, 6) is -0.824. The summed E-state index contributed by atoms with van der Waals surface area (Å²) < 4.78 is 40.3. The van der Waals surface area contributed by atoms with Crippen molar-refractivity contribution in [1.29, 1.82) is 0 Å². The Hall–Kier alpha value is -1.52. The van der Waals surface area contributed by atoms with E-state index in [0.29, 0.717) is 18.4 Å². The molecule has 1 aromatic carbocycles. The van der Waals surface area contributed by atoms with Gasteiger partial charge in [-0.1, -0.05) is 19.1 Å². The molecule has 2 saturated heterocycles. The van der Waals surface area contributed by atoms with Gasteiger partial charge in [0.25, 0.3) is 6.43 Å². The zero-order valence-corrected chi connectivity index (χ0v) is 11.9. The van der Waals surface area contributed by atoms with Gasteiger partial charge in [-0.25, -0.2) is 13.2 Å². The van der Waals surface area contributed by atoms with Crippen molar-refractivity contribution in [3.05, 3.63) is 35.6 Å². The lowest BCUT2D eigenvalue weighted by molar-refractivity contribution is -0.146. The van der Waals surface area contributed by atoms with Gasteiger partial charge in [-0.15, -0.1) is 0 Å². The van der Waals surface area contributed by atoms with Gasteiger partial charge >= 0.3 is 0 Å². The topological polar surface area (TPSA) is 20.3 Å². The molecule has 3 rings (SSSR count). The Morgan fingerprint density at radius 1 is 1.38 bits per heavy atom. The Bertz CT molecular complexity index is 562. The Balaban J connectivity index is 1.94. The van der Waals surface area contributed by atoms with Crippen LogP contribution < -0.4 is 0 Å². The Labute approximate surface area is 121 Å². The van der Waals surface area contributed by atoms with E-state index in [1.807, 2.05) is 0 Å². The first-order valence-corrected chi connectivity index (χ1v) is 7.36. The van der Waals surface area contributed by atoms with Crippen LogP contribution in [-0.4, -0.2) is 23.3 Å². The van der Waals surface area contributed by atoms with Gasteiger partial charge in [0, 0.05) is 6.04 Å². The van der Waals surface area contributed by atoms with Gasteiger partial charge in [0.15, 0.2) is 0 Å². The number of carbonyl (C=O) groups excluding carboxylic acids is 1. The monoisotopic (exact) mass is 297 g/mol. The van der Waals surface area contributed by atoms with E-state index in [9.17, 15) is 18.0 Å². The summed E-state index contributed by atoms with van der Waals surface area (Å²) >= 11 is 0. The van der Waals surface area contributed by atoms with Gasteiger partial charge in [-0.3, -0.25) is 4.79 Å². The minimum atomic E-state index is -2.64. The van der Waals surface area contributed by atoms with Gasteiger partial charge in [-0.2, -0.15) is 0 Å². The van der Waals surface area contributed by atoms with E-state index in [2.05, 4.69) is 0 Å². The van der Waals surface area contributed by atoms with Crippen LogP contribution in [0.1, 0.15) is 44.2 Å². The molecule has 2 nitrogen and oxygen atoms in total. The molecule has 0 saturated carbocycles. The zero-order valence-electron chi connectivity index (χ0n) is 11.9. The van der Waals surface area contributed by atoms with E-state index in [0.717, 1.165) is 0 Å². The fourth-order valence-corrected chi connectivity index (χ4v) is 3.83. The smallest absolute Gasteiger partial charge is 0.252 e. The van der Waals surface area contributed by atoms with E-state index in [1.54, 1.807) is 24.0 Å². The van der Waals surface area contributed by atoms with Crippen LogP contribution in [0.15, 0.2) is 24.3 Å². The SMILES string of the molecule is CC[C@@]1(C(F)F)C[C@@H]2CC[C@H](c3cccc(F)c3)N2C1=O. The molecule has 0 N–H and O–H groups in total. The molecule has 2 aliphatic heterocycles. The summed E-state index contributed by atoms with van der Waals surface area (Å²) in [6.45, 7) is 1.64. The average molecular weight is 297 g/mol. The molecule has 2 aliphatic rings. The van der Waals surface area contributed by atoms with Crippen LogP contribution in [0, 0.1) is 11.2 Å². The van der Waals surface area contributed by atoms with Crippen molar-refractivity contribution in [1.82, 2.24) is 4.90 Å². The number of benzene rings is 1. The van der Waals surface area contributed by atoms with Crippen molar-refractivity contribution < 1.29 is 18.0 Å². The van der Waals surface area contributed by atoms with Crippen LogP contribution in [0.5, 0.6) is 0 Å². The second kappa shape index (κ2) is 5.04. The summed E-state index contributed by atoms with van der Waals surface area (Å²) in [6, 6.07) is 5.69. The predicted molar refractivity (Wildman–Crippen MR) is 72.4 cm³/mol. The highest BCUT2D eigenvalue weighted by Crippen LogP contribution is 2.52. The zero-order chi connectivity index (χ0) is 15.2. The standard InChI is InChI=1S/C16H18F3NO/c1-2-16(14(18)19)9-12-6-7-13(20(12)15(16)21)10-4-3-5-11(17)8-10/h3-5,8,12-14H,2,6-7,9H2,1H3/t12-,13+,16-/m0/s1. The largest absolute Gasteiger partial charge is 0.332 e. The molecule has 0 unspecified atom stereocenters. The molecule has 3 atom stereocenters. The molecule has 5 heteroatoms. The lowest BCUT2D eigenvalue weighted by atomic mass is 9.81. The summed E-state index contributed by atoms with van der Waals surface area (Å²) in [4.78, 5) is 14.2. The number of hydrogen-bond donors (Lipinski definition) is 0. The summed E-state index contributed by atoms with van der Waals surface area (Å²) in [5, 5.41) is 0. The predicted octanol–water partition coefficient (Wildman–Crippen LogP) is 3.92. The Morgan fingerprint density at radius 3 is 2.76 bits per heavy atom. The summed E-state index contributed by atoms with van der Waals surface area (Å²) in [5.41, 5.74) is -0.844. The first-order chi connectivity index (χ1) is 9.99. The fraction of sp³-hybridized carbons (Fsp3) is 0.562. The van der Waals surface area contributed by atoms with Crippen LogP contribution in [0.25, 0.3) is 0 Å². The molecule has 0 bridgehead atoms. The number of carbonyl (C=O) groups is 1. The number of halogens is 3. The maximum absolute atomic E-state index is 13.4. The normalized spacial score (nSPS) is 32.0. The van der Waals surface area contributed by atoms with Crippen LogP contribution in [0.4, 0.5) is 13.2 Å². The summed E-state index contributed by atoms with van der Waals surface area (Å²) in [6.07, 6.45) is -0.864. The molecule has 0 aliphatic carbocycles. The molecule has 0 radical (unpaired) electrons. The van der Waals surface area contributed by atoms with Crippen LogP contribution in [0.2, 0.25) is 0 Å². The van der Waals surface area contributed by atoms with Gasteiger partial charge < -0.3 is 4.90 Å². The maximum atomic E-state index is 13.4. The number of hydrogen-bond acceptors (Lipinski definition) is 1. The second-order valence-electron chi connectivity index (χ2n) is 6.03. The first-order valence-electron chi connectivity index (χ1n) is 7.36. The maximum Gasteiger partial charge on any atom is 0.252 e. The summed E-state index contributed by atoms with van der Waals surface area (Å²) in [7, 11) is 0. The highest BCUT2D eigenvalue weighted by molar-refractivity contribution is 5.86. The van der Waals surface area contributed by atoms with E-state index < -0.39 is 17.7 Å². The third-order valence-corrected chi connectivity index (χ3v) is 5.04. The van der Waals surface area contributed by atoms with E-state index in [1.165, 1.54) is 12.1 Å². The Morgan fingerprint density at radius 2 is 2.14 bits per heavy atom. The van der Waals surface area contributed by atoms with Gasteiger partial charge in [0.1, 0.15) is 11.2 Å². The minimum Gasteiger partial charge on any atom is -0.332 e. The second-order valence-corrected chi connectivity index (χ2v) is 6.03. The molecule has 1 amide bonds. The molecule has 0 spiro atoms. The number of amides is 1. The van der Waals surface area contributed by atoms with Gasteiger partial charge in [0.2, 0.25) is 5.91 Å². The van der Waals surface area contributed by atoms with Crippen LogP contribution in [-0.2, 0) is 4.79 Å². The molecule has 1 aromatic rings. The van der Waals surface area contributed by atoms with Crippen molar-refractivity contribution in [3.63, 3.8) is 0 Å². The quantitative estimate of drug-likeness (QED) is 0.828. The number of fused-ring (bicyclic) bond motifs is 1. The Kier molecular flexibility index (Phi) is 3.46. The van der Waals surface area contributed by atoms with Crippen molar-refractivity contribution in [2.24, 2.45) is 5.41 Å². The highest BCUT2D eigenvalue weighted by atomic mass is 19.3. The molecule has 2 fully saturated rings. The van der Waals surface area contributed by atoms with E-state index in [-0.39, 0.29) is 30.7 Å². The molecule has 114 valence electrons. The lowest BCUT2D eigenvalue weighted by Gasteiger charge is -2.29. The molecule has 21 heavy (non-hydrogen) atoms. The molecular formula is C16H18F3NO. The van der Waals surface area contributed by atoms with Crippen molar-refractivity contribution >= 4 is 5.91 Å². The van der Waals surface area contributed by atoms with Crippen LogP contribution in [0.3, 0.4) is 0 Å².